The average molecular weight is 381 g/mol. The zero-order chi connectivity index (χ0) is 19.4. The third kappa shape index (κ3) is 4.48. The van der Waals surface area contributed by atoms with E-state index in [2.05, 4.69) is 66.6 Å². The minimum Gasteiger partial charge on any atom is -0.366 e. The highest BCUT2D eigenvalue weighted by Gasteiger charge is 2.35. The summed E-state index contributed by atoms with van der Waals surface area (Å²) in [6.07, 6.45) is 2.97. The lowest BCUT2D eigenvalue weighted by atomic mass is 9.79. The third-order valence-corrected chi connectivity index (χ3v) is 5.33. The highest BCUT2D eigenvalue weighted by Crippen LogP contribution is 2.43. The Kier molecular flexibility index (Phi) is 5.80. The molecule has 142 valence electrons. The van der Waals surface area contributed by atoms with Crippen molar-refractivity contribution in [3.63, 3.8) is 0 Å². The number of hydrazone groups is 1. The quantitative estimate of drug-likeness (QED) is 0.439. The van der Waals surface area contributed by atoms with Gasteiger partial charge >= 0.3 is 0 Å². The van der Waals surface area contributed by atoms with Crippen molar-refractivity contribution in [2.75, 3.05) is 16.8 Å². The van der Waals surface area contributed by atoms with Crippen LogP contribution in [0.15, 0.2) is 53.6 Å². The molecule has 0 fully saturated rings. The topological polar surface area (TPSA) is 39.7 Å². The van der Waals surface area contributed by atoms with Gasteiger partial charge in [-0.1, -0.05) is 31.2 Å². The Bertz CT molecular complexity index is 829. The van der Waals surface area contributed by atoms with E-state index < -0.39 is 0 Å². The summed E-state index contributed by atoms with van der Waals surface area (Å²) in [5.74, 6) is 0.528. The molecule has 1 atom stereocenters. The van der Waals surface area contributed by atoms with E-state index in [-0.39, 0.29) is 5.54 Å². The Balaban J connectivity index is 1.69. The van der Waals surface area contributed by atoms with Gasteiger partial charge in [-0.15, -0.1) is 0 Å². The first-order chi connectivity index (χ1) is 12.9. The summed E-state index contributed by atoms with van der Waals surface area (Å²) in [6.45, 7) is 10.2. The molecule has 0 saturated carbocycles. The summed E-state index contributed by atoms with van der Waals surface area (Å²) in [7, 11) is 0. The minimum absolute atomic E-state index is 0.188. The molecule has 5 heteroatoms. The molecule has 0 spiro atoms. The molecule has 0 amide bonds. The number of nitrogens with zero attached hydrogens (tertiary/aromatic N) is 2. The first kappa shape index (κ1) is 19.4. The largest absolute Gasteiger partial charge is 0.366 e. The number of hydrogen-bond donors (Lipinski definition) is 2. The number of para-hydroxylation sites is 1. The Labute approximate surface area is 167 Å². The van der Waals surface area contributed by atoms with Gasteiger partial charge in [-0.3, -0.25) is 5.43 Å². The smallest absolute Gasteiger partial charge is 0.191 e. The van der Waals surface area contributed by atoms with Gasteiger partial charge in [0.2, 0.25) is 0 Å². The lowest BCUT2D eigenvalue weighted by Gasteiger charge is -2.47. The molecule has 1 aliphatic heterocycles. The second-order valence-electron chi connectivity index (χ2n) is 7.67. The van der Waals surface area contributed by atoms with E-state index in [1.165, 1.54) is 11.3 Å². The van der Waals surface area contributed by atoms with E-state index >= 15 is 0 Å². The number of nitrogens with one attached hydrogen (secondary N) is 2. The van der Waals surface area contributed by atoms with Crippen LogP contribution in [0.1, 0.15) is 51.2 Å². The van der Waals surface area contributed by atoms with Gasteiger partial charge in [-0.2, -0.15) is 5.10 Å². The molecule has 2 aromatic carbocycles. The molecule has 4 nitrogen and oxygen atoms in total. The lowest BCUT2D eigenvalue weighted by molar-refractivity contribution is 0.381. The predicted molar refractivity (Wildman–Crippen MR) is 120 cm³/mol. The van der Waals surface area contributed by atoms with Gasteiger partial charge in [0.15, 0.2) is 5.11 Å². The van der Waals surface area contributed by atoms with E-state index in [1.54, 1.807) is 0 Å². The zero-order valence-electron chi connectivity index (χ0n) is 16.5. The molecule has 0 aliphatic carbocycles. The van der Waals surface area contributed by atoms with E-state index in [1.807, 2.05) is 36.5 Å². The normalized spacial score (nSPS) is 18.2. The highest BCUT2D eigenvalue weighted by molar-refractivity contribution is 7.80. The van der Waals surface area contributed by atoms with Crippen LogP contribution in [-0.4, -0.2) is 23.4 Å². The van der Waals surface area contributed by atoms with Gasteiger partial charge in [-0.05, 0) is 80.7 Å². The molecule has 0 bridgehead atoms. The standard InChI is InChI=1S/C22H28N4S/c1-5-26-20-12-11-17(13-19(20)16(2)14-22(26,3)4)15-23-25-21(27)24-18-9-7-6-8-10-18/h6-13,15-16H,5,14H2,1-4H3,(H2,24,25,27)/b23-15-. The number of thiocarbonyl (C=S) groups is 1. The molecule has 0 saturated heterocycles. The van der Waals surface area contributed by atoms with E-state index in [4.69, 9.17) is 12.2 Å². The van der Waals surface area contributed by atoms with Crippen molar-refractivity contribution in [3.05, 3.63) is 59.7 Å². The van der Waals surface area contributed by atoms with Gasteiger partial charge in [0.05, 0.1) is 6.21 Å². The lowest BCUT2D eigenvalue weighted by Crippen LogP contribution is -2.48. The highest BCUT2D eigenvalue weighted by atomic mass is 32.1. The van der Waals surface area contributed by atoms with Gasteiger partial charge in [0, 0.05) is 23.5 Å². The molecular formula is C22H28N4S. The fraction of sp³-hybridized carbons (Fsp3) is 0.364. The first-order valence-corrected chi connectivity index (χ1v) is 9.88. The molecule has 2 N–H and O–H groups in total. The van der Waals surface area contributed by atoms with E-state index in [0.717, 1.165) is 24.2 Å². The van der Waals surface area contributed by atoms with Crippen molar-refractivity contribution in [1.82, 2.24) is 5.43 Å². The maximum atomic E-state index is 5.28. The second-order valence-corrected chi connectivity index (χ2v) is 8.08. The van der Waals surface area contributed by atoms with Crippen LogP contribution in [0.2, 0.25) is 0 Å². The Morgan fingerprint density at radius 1 is 1.26 bits per heavy atom. The summed E-state index contributed by atoms with van der Waals surface area (Å²) >= 11 is 5.28. The number of fused-ring (bicyclic) bond motifs is 1. The zero-order valence-corrected chi connectivity index (χ0v) is 17.3. The Morgan fingerprint density at radius 2 is 2.00 bits per heavy atom. The summed E-state index contributed by atoms with van der Waals surface area (Å²) in [5, 5.41) is 7.87. The van der Waals surface area contributed by atoms with Gasteiger partial charge < -0.3 is 10.2 Å². The van der Waals surface area contributed by atoms with Crippen LogP contribution >= 0.6 is 12.2 Å². The number of anilines is 2. The van der Waals surface area contributed by atoms with Crippen molar-refractivity contribution in [2.45, 2.75) is 45.6 Å². The van der Waals surface area contributed by atoms with Crippen LogP contribution < -0.4 is 15.6 Å². The minimum atomic E-state index is 0.188. The summed E-state index contributed by atoms with van der Waals surface area (Å²) < 4.78 is 0. The van der Waals surface area contributed by atoms with Crippen LogP contribution in [0.5, 0.6) is 0 Å². The van der Waals surface area contributed by atoms with Crippen molar-refractivity contribution < 1.29 is 0 Å². The molecule has 0 aromatic heterocycles. The van der Waals surface area contributed by atoms with Crippen molar-refractivity contribution in [3.8, 4) is 0 Å². The number of benzene rings is 2. The fourth-order valence-corrected chi connectivity index (χ4v) is 4.20. The first-order valence-electron chi connectivity index (χ1n) is 9.47. The maximum absolute atomic E-state index is 5.28. The van der Waals surface area contributed by atoms with Crippen molar-refractivity contribution in [1.29, 1.82) is 0 Å². The monoisotopic (exact) mass is 380 g/mol. The molecule has 1 unspecified atom stereocenters. The molecule has 3 rings (SSSR count). The predicted octanol–water partition coefficient (Wildman–Crippen LogP) is 5.12. The second kappa shape index (κ2) is 8.09. The molecule has 1 heterocycles. The van der Waals surface area contributed by atoms with Crippen LogP contribution in [0, 0.1) is 0 Å². The van der Waals surface area contributed by atoms with Crippen molar-refractivity contribution >= 4 is 34.9 Å². The SMILES string of the molecule is CCN1c2ccc(/C=N\NC(=S)Nc3ccccc3)cc2C(C)CC1(C)C. The van der Waals surface area contributed by atoms with Crippen LogP contribution in [0.3, 0.4) is 0 Å². The molecule has 27 heavy (non-hydrogen) atoms. The van der Waals surface area contributed by atoms with E-state index in [9.17, 15) is 0 Å². The summed E-state index contributed by atoms with van der Waals surface area (Å²) in [6, 6.07) is 16.4. The summed E-state index contributed by atoms with van der Waals surface area (Å²) in [4.78, 5) is 2.50. The van der Waals surface area contributed by atoms with Crippen LogP contribution in [-0.2, 0) is 0 Å². The maximum Gasteiger partial charge on any atom is 0.191 e. The van der Waals surface area contributed by atoms with Crippen LogP contribution in [0.25, 0.3) is 0 Å². The number of hydrogen-bond acceptors (Lipinski definition) is 3. The molecule has 0 radical (unpaired) electrons. The van der Waals surface area contributed by atoms with Crippen molar-refractivity contribution in [2.24, 2.45) is 5.10 Å². The Hall–Kier alpha value is -2.40. The molecular weight excluding hydrogens is 352 g/mol. The molecule has 1 aliphatic rings. The summed E-state index contributed by atoms with van der Waals surface area (Å²) in [5.41, 5.74) is 7.82. The van der Waals surface area contributed by atoms with Gasteiger partial charge in [0.1, 0.15) is 0 Å². The van der Waals surface area contributed by atoms with Crippen LogP contribution in [0.4, 0.5) is 11.4 Å². The third-order valence-electron chi connectivity index (χ3n) is 5.14. The fourth-order valence-electron chi connectivity index (χ4n) is 4.03. The average Bonchev–Trinajstić information content (AvgIpc) is 2.62. The number of rotatable bonds is 4. The van der Waals surface area contributed by atoms with Gasteiger partial charge in [0.25, 0.3) is 0 Å². The van der Waals surface area contributed by atoms with Gasteiger partial charge in [-0.25, -0.2) is 0 Å². The molecule has 2 aromatic rings. The van der Waals surface area contributed by atoms with E-state index in [0.29, 0.717) is 11.0 Å². The Morgan fingerprint density at radius 3 is 2.70 bits per heavy atom.